The standard InChI is InChI=1S/C17H20FNO4S/c1-2-13-8-9-16(15(20)12-13)23-17(10-11-18)19-24(21,22)14-6-4-3-5-7-14/h3-9,12,17,19-20H,2,10-11H2,1H3. The SMILES string of the molecule is CCc1ccc(OC(CCF)NS(=O)(=O)c2ccccc2)c(O)c1. The van der Waals surface area contributed by atoms with Gasteiger partial charge in [-0.2, -0.15) is 4.72 Å². The zero-order valence-corrected chi connectivity index (χ0v) is 14.1. The van der Waals surface area contributed by atoms with E-state index in [1.54, 1.807) is 24.3 Å². The third-order valence-electron chi connectivity index (χ3n) is 3.41. The lowest BCUT2D eigenvalue weighted by molar-refractivity contribution is 0.162. The Kier molecular flexibility index (Phi) is 6.16. The fraction of sp³-hybridized carbons (Fsp3) is 0.294. The Morgan fingerprint density at radius 3 is 2.50 bits per heavy atom. The number of hydrogen-bond donors (Lipinski definition) is 2. The molecule has 5 nitrogen and oxygen atoms in total. The van der Waals surface area contributed by atoms with E-state index in [1.807, 2.05) is 6.92 Å². The number of nitrogens with one attached hydrogen (secondary N) is 1. The summed E-state index contributed by atoms with van der Waals surface area (Å²) in [6, 6.07) is 12.6. The predicted octanol–water partition coefficient (Wildman–Crippen LogP) is 3.00. The van der Waals surface area contributed by atoms with Crippen LogP contribution >= 0.6 is 0 Å². The molecule has 1 unspecified atom stereocenters. The van der Waals surface area contributed by atoms with Crippen molar-refractivity contribution in [2.45, 2.75) is 30.9 Å². The Balaban J connectivity index is 2.18. The third-order valence-corrected chi connectivity index (χ3v) is 4.88. The number of benzene rings is 2. The minimum atomic E-state index is -3.85. The van der Waals surface area contributed by atoms with Gasteiger partial charge in [0.05, 0.1) is 11.6 Å². The van der Waals surface area contributed by atoms with Crippen molar-refractivity contribution < 1.29 is 22.7 Å². The molecule has 2 aromatic carbocycles. The van der Waals surface area contributed by atoms with Crippen molar-refractivity contribution in [2.24, 2.45) is 0 Å². The molecule has 0 spiro atoms. The maximum atomic E-state index is 12.8. The Labute approximate surface area is 141 Å². The van der Waals surface area contributed by atoms with Gasteiger partial charge >= 0.3 is 0 Å². The minimum absolute atomic E-state index is 0.0583. The normalized spacial score (nSPS) is 12.8. The molecule has 0 saturated heterocycles. The van der Waals surface area contributed by atoms with Crippen molar-refractivity contribution in [2.75, 3.05) is 6.67 Å². The lowest BCUT2D eigenvalue weighted by Crippen LogP contribution is -2.39. The van der Waals surface area contributed by atoms with Crippen LogP contribution in [0.3, 0.4) is 0 Å². The molecule has 0 aromatic heterocycles. The van der Waals surface area contributed by atoms with Crippen molar-refractivity contribution in [1.29, 1.82) is 0 Å². The van der Waals surface area contributed by atoms with Gasteiger partial charge in [-0.15, -0.1) is 0 Å². The molecule has 0 aliphatic carbocycles. The summed E-state index contributed by atoms with van der Waals surface area (Å²) in [5, 5.41) is 9.96. The van der Waals surface area contributed by atoms with Crippen LogP contribution in [0.5, 0.6) is 11.5 Å². The van der Waals surface area contributed by atoms with E-state index in [9.17, 15) is 17.9 Å². The van der Waals surface area contributed by atoms with Gasteiger partial charge in [0, 0.05) is 6.42 Å². The van der Waals surface area contributed by atoms with Gasteiger partial charge in [-0.05, 0) is 36.2 Å². The highest BCUT2D eigenvalue weighted by molar-refractivity contribution is 7.89. The minimum Gasteiger partial charge on any atom is -0.504 e. The van der Waals surface area contributed by atoms with Gasteiger partial charge in [-0.1, -0.05) is 31.2 Å². The number of phenols is 1. The fourth-order valence-corrected chi connectivity index (χ4v) is 3.28. The molecule has 130 valence electrons. The maximum Gasteiger partial charge on any atom is 0.243 e. The monoisotopic (exact) mass is 353 g/mol. The van der Waals surface area contributed by atoms with Crippen molar-refractivity contribution in [1.82, 2.24) is 4.72 Å². The first kappa shape index (κ1) is 18.2. The van der Waals surface area contributed by atoms with Crippen LogP contribution in [-0.2, 0) is 16.4 Å². The van der Waals surface area contributed by atoms with Gasteiger partial charge in [-0.3, -0.25) is 4.39 Å². The number of rotatable bonds is 8. The summed E-state index contributed by atoms with van der Waals surface area (Å²) >= 11 is 0. The number of halogens is 1. The van der Waals surface area contributed by atoms with Gasteiger partial charge in [0.15, 0.2) is 17.7 Å². The van der Waals surface area contributed by atoms with Gasteiger partial charge in [-0.25, -0.2) is 8.42 Å². The van der Waals surface area contributed by atoms with E-state index >= 15 is 0 Å². The molecule has 0 aliphatic heterocycles. The van der Waals surface area contributed by atoms with E-state index in [1.165, 1.54) is 24.3 Å². The molecule has 0 radical (unpaired) electrons. The molecular formula is C17H20FNO4S. The molecule has 7 heteroatoms. The van der Waals surface area contributed by atoms with Crippen LogP contribution in [0.4, 0.5) is 4.39 Å². The summed E-state index contributed by atoms with van der Waals surface area (Å²) < 4.78 is 45.2. The van der Waals surface area contributed by atoms with Crippen LogP contribution < -0.4 is 9.46 Å². The third kappa shape index (κ3) is 4.69. The summed E-state index contributed by atoms with van der Waals surface area (Å²) in [6.45, 7) is 1.17. The summed E-state index contributed by atoms with van der Waals surface area (Å²) in [6.07, 6.45) is -0.567. The van der Waals surface area contributed by atoms with Crippen molar-refractivity contribution in [3.05, 3.63) is 54.1 Å². The Bertz CT molecular complexity index is 765. The number of hydrogen-bond acceptors (Lipinski definition) is 4. The van der Waals surface area contributed by atoms with Crippen molar-refractivity contribution >= 4 is 10.0 Å². The van der Waals surface area contributed by atoms with Crippen LogP contribution in [-0.4, -0.2) is 26.4 Å². The largest absolute Gasteiger partial charge is 0.504 e. The van der Waals surface area contributed by atoms with Crippen LogP contribution in [0.15, 0.2) is 53.4 Å². The number of aryl methyl sites for hydroxylation is 1. The average molecular weight is 353 g/mol. The average Bonchev–Trinajstić information content (AvgIpc) is 2.57. The molecular weight excluding hydrogens is 333 g/mol. The summed E-state index contributed by atoms with van der Waals surface area (Å²) in [5.74, 6) is -0.0153. The Morgan fingerprint density at radius 1 is 1.21 bits per heavy atom. The maximum absolute atomic E-state index is 12.8. The van der Waals surface area contributed by atoms with Gasteiger partial charge in [0.25, 0.3) is 0 Å². The number of sulfonamides is 1. The van der Waals surface area contributed by atoms with Crippen molar-refractivity contribution in [3.63, 3.8) is 0 Å². The van der Waals surface area contributed by atoms with E-state index in [4.69, 9.17) is 4.74 Å². The van der Waals surface area contributed by atoms with E-state index < -0.39 is 22.9 Å². The van der Waals surface area contributed by atoms with E-state index in [0.29, 0.717) is 0 Å². The molecule has 0 saturated carbocycles. The van der Waals surface area contributed by atoms with Gasteiger partial charge < -0.3 is 9.84 Å². The van der Waals surface area contributed by atoms with Crippen molar-refractivity contribution in [3.8, 4) is 11.5 Å². The quantitative estimate of drug-likeness (QED) is 0.716. The van der Waals surface area contributed by atoms with E-state index in [-0.39, 0.29) is 22.8 Å². The van der Waals surface area contributed by atoms with Crippen LogP contribution in [0.2, 0.25) is 0 Å². The van der Waals surface area contributed by atoms with Crippen LogP contribution in [0.25, 0.3) is 0 Å². The molecule has 1 atom stereocenters. The lowest BCUT2D eigenvalue weighted by atomic mass is 10.1. The Hall–Kier alpha value is -2.12. The van der Waals surface area contributed by atoms with Gasteiger partial charge in [0.2, 0.25) is 10.0 Å². The smallest absolute Gasteiger partial charge is 0.243 e. The second-order valence-electron chi connectivity index (χ2n) is 5.17. The highest BCUT2D eigenvalue weighted by Gasteiger charge is 2.22. The van der Waals surface area contributed by atoms with Gasteiger partial charge in [0.1, 0.15) is 0 Å². The highest BCUT2D eigenvalue weighted by atomic mass is 32.2. The molecule has 0 heterocycles. The number of ether oxygens (including phenoxy) is 1. The molecule has 0 bridgehead atoms. The predicted molar refractivity (Wildman–Crippen MR) is 89.3 cm³/mol. The topological polar surface area (TPSA) is 75.6 Å². The molecule has 2 rings (SSSR count). The summed E-state index contributed by atoms with van der Waals surface area (Å²) in [4.78, 5) is 0.0583. The number of phenolic OH excluding ortho intramolecular Hbond substituents is 1. The van der Waals surface area contributed by atoms with E-state index in [0.717, 1.165) is 12.0 Å². The second kappa shape index (κ2) is 8.12. The zero-order chi connectivity index (χ0) is 17.6. The van der Waals surface area contributed by atoms with Crippen LogP contribution in [0.1, 0.15) is 18.9 Å². The molecule has 2 N–H and O–H groups in total. The number of alkyl halides is 1. The second-order valence-corrected chi connectivity index (χ2v) is 6.89. The van der Waals surface area contributed by atoms with E-state index in [2.05, 4.69) is 4.72 Å². The van der Waals surface area contributed by atoms with Crippen LogP contribution in [0, 0.1) is 0 Å². The first-order chi connectivity index (χ1) is 11.5. The first-order valence-corrected chi connectivity index (χ1v) is 9.06. The molecule has 0 fully saturated rings. The fourth-order valence-electron chi connectivity index (χ4n) is 2.12. The number of aromatic hydroxyl groups is 1. The highest BCUT2D eigenvalue weighted by Crippen LogP contribution is 2.28. The molecule has 0 aliphatic rings. The molecule has 2 aromatic rings. The lowest BCUT2D eigenvalue weighted by Gasteiger charge is -2.20. The molecule has 24 heavy (non-hydrogen) atoms. The summed E-state index contributed by atoms with van der Waals surface area (Å²) in [7, 11) is -3.85. The zero-order valence-electron chi connectivity index (χ0n) is 13.3. The first-order valence-electron chi connectivity index (χ1n) is 7.58. The summed E-state index contributed by atoms with van der Waals surface area (Å²) in [5.41, 5.74) is 0.909. The molecule has 0 amide bonds. The Morgan fingerprint density at radius 2 is 1.92 bits per heavy atom.